The summed E-state index contributed by atoms with van der Waals surface area (Å²) in [6.07, 6.45) is 5.10. The maximum Gasteiger partial charge on any atom is 0.129 e. The summed E-state index contributed by atoms with van der Waals surface area (Å²) < 4.78 is 2.04. The Hall–Kier alpha value is 0.254. The molecule has 1 heterocycles. The Morgan fingerprint density at radius 3 is 2.30 bits per heavy atom. The third-order valence-corrected chi connectivity index (χ3v) is 1.23. The molecule has 0 aromatic carbocycles. The number of aromatic nitrogens is 1. The Bertz CT molecular complexity index is 172. The SMILES string of the molecule is CC(C)[n+]1[c-]cccc1.[Y]. The summed E-state index contributed by atoms with van der Waals surface area (Å²) in [5.41, 5.74) is 0. The molecule has 1 rings (SSSR count). The van der Waals surface area contributed by atoms with E-state index >= 15 is 0 Å². The molecule has 0 amide bonds. The van der Waals surface area contributed by atoms with E-state index in [0.717, 1.165) is 0 Å². The molecule has 0 aliphatic rings. The van der Waals surface area contributed by atoms with E-state index in [1.807, 2.05) is 29.0 Å². The van der Waals surface area contributed by atoms with Gasteiger partial charge in [-0.15, -0.1) is 12.1 Å². The summed E-state index contributed by atoms with van der Waals surface area (Å²) in [6.45, 7) is 4.27. The van der Waals surface area contributed by atoms with Crippen molar-refractivity contribution in [2.24, 2.45) is 0 Å². The summed E-state index contributed by atoms with van der Waals surface area (Å²) in [7, 11) is 0. The van der Waals surface area contributed by atoms with Gasteiger partial charge in [-0.2, -0.15) is 6.07 Å². The predicted octanol–water partition coefficient (Wildman–Crippen LogP) is 1.35. The van der Waals surface area contributed by atoms with Crippen molar-refractivity contribution in [1.82, 2.24) is 0 Å². The molecular weight excluding hydrogens is 199 g/mol. The monoisotopic (exact) mass is 210 g/mol. The van der Waals surface area contributed by atoms with Crippen LogP contribution in [0, 0.1) is 6.20 Å². The van der Waals surface area contributed by atoms with Crippen LogP contribution >= 0.6 is 0 Å². The largest absolute Gasteiger partial charge is 0.309 e. The Morgan fingerprint density at radius 1 is 1.30 bits per heavy atom. The van der Waals surface area contributed by atoms with Gasteiger partial charge in [0.1, 0.15) is 12.2 Å². The molecule has 0 saturated heterocycles. The zero-order valence-corrected chi connectivity index (χ0v) is 9.25. The Morgan fingerprint density at radius 2 is 2.00 bits per heavy atom. The first kappa shape index (κ1) is 10.3. The van der Waals surface area contributed by atoms with Crippen LogP contribution < -0.4 is 4.57 Å². The first-order valence-electron chi connectivity index (χ1n) is 3.18. The molecule has 0 bridgehead atoms. The average molecular weight is 210 g/mol. The van der Waals surface area contributed by atoms with E-state index in [1.165, 1.54) is 0 Å². The number of hydrogen-bond acceptors (Lipinski definition) is 0. The van der Waals surface area contributed by atoms with Crippen LogP contribution in [0.2, 0.25) is 0 Å². The van der Waals surface area contributed by atoms with E-state index in [-0.39, 0.29) is 32.7 Å². The maximum atomic E-state index is 3.08. The minimum absolute atomic E-state index is 0. The van der Waals surface area contributed by atoms with Crippen LogP contribution in [0.3, 0.4) is 0 Å². The van der Waals surface area contributed by atoms with Crippen LogP contribution in [0.25, 0.3) is 0 Å². The molecule has 2 heteroatoms. The minimum Gasteiger partial charge on any atom is -0.309 e. The van der Waals surface area contributed by atoms with Crippen LogP contribution in [-0.4, -0.2) is 0 Å². The minimum atomic E-state index is 0. The van der Waals surface area contributed by atoms with E-state index in [2.05, 4.69) is 20.0 Å². The van der Waals surface area contributed by atoms with Crippen molar-refractivity contribution >= 4 is 0 Å². The van der Waals surface area contributed by atoms with Gasteiger partial charge >= 0.3 is 0 Å². The van der Waals surface area contributed by atoms with E-state index < -0.39 is 0 Å². The molecule has 0 unspecified atom stereocenters. The Balaban J connectivity index is 0.000000810. The second-order valence-electron chi connectivity index (χ2n) is 2.33. The van der Waals surface area contributed by atoms with Crippen molar-refractivity contribution < 1.29 is 37.3 Å². The van der Waals surface area contributed by atoms with Crippen LogP contribution in [0.5, 0.6) is 0 Å². The summed E-state index contributed by atoms with van der Waals surface area (Å²) in [5.74, 6) is 0. The quantitative estimate of drug-likeness (QED) is 0.486. The fourth-order valence-electron chi connectivity index (χ4n) is 0.691. The van der Waals surface area contributed by atoms with E-state index in [9.17, 15) is 0 Å². The van der Waals surface area contributed by atoms with Gasteiger partial charge < -0.3 is 4.57 Å². The molecule has 0 aliphatic carbocycles. The standard InChI is InChI=1S/C8H11N.Y/c1-8(2)9-6-4-3-5-7-9;/h3-6,8H,1-2H3;. The molecule has 1 nitrogen and oxygen atoms in total. The van der Waals surface area contributed by atoms with Crippen molar-refractivity contribution in [3.63, 3.8) is 0 Å². The van der Waals surface area contributed by atoms with Crippen molar-refractivity contribution in [2.45, 2.75) is 19.9 Å². The molecule has 51 valence electrons. The summed E-state index contributed by atoms with van der Waals surface area (Å²) >= 11 is 0. The number of rotatable bonds is 1. The molecular formula is C8H11NY. The molecule has 10 heavy (non-hydrogen) atoms. The fourth-order valence-corrected chi connectivity index (χ4v) is 0.691. The van der Waals surface area contributed by atoms with Gasteiger partial charge in [0.25, 0.3) is 0 Å². The number of pyridine rings is 1. The van der Waals surface area contributed by atoms with Crippen molar-refractivity contribution in [3.05, 3.63) is 30.6 Å². The molecule has 0 fully saturated rings. The Kier molecular flexibility index (Phi) is 5.10. The molecule has 1 aromatic heterocycles. The van der Waals surface area contributed by atoms with Crippen LogP contribution in [0.15, 0.2) is 24.4 Å². The second kappa shape index (κ2) is 4.98. The number of hydrogen-bond donors (Lipinski definition) is 0. The molecule has 1 aromatic rings. The van der Waals surface area contributed by atoms with Crippen molar-refractivity contribution in [1.29, 1.82) is 0 Å². The van der Waals surface area contributed by atoms with Crippen LogP contribution in [0.1, 0.15) is 19.9 Å². The Labute approximate surface area is 87.3 Å². The first-order valence-corrected chi connectivity index (χ1v) is 3.18. The van der Waals surface area contributed by atoms with Gasteiger partial charge in [0.15, 0.2) is 0 Å². The summed E-state index contributed by atoms with van der Waals surface area (Å²) in [5, 5.41) is 0. The number of nitrogens with zero attached hydrogens (tertiary/aromatic N) is 1. The van der Waals surface area contributed by atoms with Gasteiger partial charge in [-0.05, 0) is 13.8 Å². The van der Waals surface area contributed by atoms with Gasteiger partial charge in [-0.25, -0.2) is 0 Å². The summed E-state index contributed by atoms with van der Waals surface area (Å²) in [6, 6.07) is 6.42. The van der Waals surface area contributed by atoms with Gasteiger partial charge in [0.2, 0.25) is 0 Å². The van der Waals surface area contributed by atoms with E-state index in [1.54, 1.807) is 0 Å². The van der Waals surface area contributed by atoms with Crippen LogP contribution in [0.4, 0.5) is 0 Å². The summed E-state index contributed by atoms with van der Waals surface area (Å²) in [4.78, 5) is 0. The normalized spacial score (nSPS) is 9.10. The molecule has 0 spiro atoms. The van der Waals surface area contributed by atoms with E-state index in [4.69, 9.17) is 0 Å². The van der Waals surface area contributed by atoms with Gasteiger partial charge in [0, 0.05) is 32.7 Å². The zero-order chi connectivity index (χ0) is 6.69. The third kappa shape index (κ3) is 2.89. The third-order valence-electron chi connectivity index (χ3n) is 1.23. The molecule has 0 saturated carbocycles. The van der Waals surface area contributed by atoms with Crippen molar-refractivity contribution in [2.75, 3.05) is 0 Å². The topological polar surface area (TPSA) is 3.88 Å². The maximum absolute atomic E-state index is 3.08. The molecule has 0 N–H and O–H groups in total. The average Bonchev–Trinajstić information content (AvgIpc) is 1.90. The molecule has 1 radical (unpaired) electrons. The molecule has 0 atom stereocenters. The fraction of sp³-hybridized carbons (Fsp3) is 0.375. The smallest absolute Gasteiger partial charge is 0.129 e. The van der Waals surface area contributed by atoms with Crippen molar-refractivity contribution in [3.8, 4) is 0 Å². The molecule has 0 aliphatic heterocycles. The van der Waals surface area contributed by atoms with Gasteiger partial charge in [-0.3, -0.25) is 0 Å². The van der Waals surface area contributed by atoms with Crippen LogP contribution in [-0.2, 0) is 32.7 Å². The predicted molar refractivity (Wildman–Crippen MR) is 35.9 cm³/mol. The first-order chi connectivity index (χ1) is 4.30. The van der Waals surface area contributed by atoms with Gasteiger partial charge in [0.05, 0.1) is 6.20 Å². The van der Waals surface area contributed by atoms with E-state index in [0.29, 0.717) is 6.04 Å². The second-order valence-corrected chi connectivity index (χ2v) is 2.33. The zero-order valence-electron chi connectivity index (χ0n) is 6.41. The van der Waals surface area contributed by atoms with Gasteiger partial charge in [-0.1, -0.05) is 0 Å².